The molecule has 3 unspecified atom stereocenters. The first kappa shape index (κ1) is 15.6. The van der Waals surface area contributed by atoms with Gasteiger partial charge in [-0.1, -0.05) is 63.9 Å². The Balaban J connectivity index is 2.05. The van der Waals surface area contributed by atoms with Crippen molar-refractivity contribution in [1.82, 2.24) is 0 Å². The van der Waals surface area contributed by atoms with Gasteiger partial charge >= 0.3 is 0 Å². The molecule has 112 valence electrons. The Bertz CT molecular complexity index is 384. The zero-order valence-electron chi connectivity index (χ0n) is 13.4. The number of hydrogen-bond donors (Lipinski definition) is 1. The van der Waals surface area contributed by atoms with Gasteiger partial charge in [-0.2, -0.15) is 0 Å². The maximum Gasteiger partial charge on any atom is 0.00699 e. The Morgan fingerprint density at radius 3 is 2.30 bits per heavy atom. The second-order valence-corrected chi connectivity index (χ2v) is 7.07. The Labute approximate surface area is 125 Å². The minimum absolute atomic E-state index is 0.430. The Hall–Kier alpha value is -0.820. The summed E-state index contributed by atoms with van der Waals surface area (Å²) in [5.41, 5.74) is 7.91. The summed E-state index contributed by atoms with van der Waals surface area (Å²) in [7, 11) is 0. The highest BCUT2D eigenvalue weighted by Gasteiger charge is 2.32. The summed E-state index contributed by atoms with van der Waals surface area (Å²) >= 11 is 0. The molecule has 0 saturated heterocycles. The van der Waals surface area contributed by atoms with Crippen molar-refractivity contribution in [2.24, 2.45) is 23.5 Å². The normalized spacial score (nSPS) is 26.4. The summed E-state index contributed by atoms with van der Waals surface area (Å²) < 4.78 is 0. The van der Waals surface area contributed by atoms with E-state index in [0.29, 0.717) is 12.0 Å². The fourth-order valence-corrected chi connectivity index (χ4v) is 3.99. The standard InChI is InChI=1S/C19H31N/c1-14(2)18(17-11-7-8-12-19(17)20)13-15(3)16-9-5-4-6-10-16/h4-6,9-10,14-15,17-19H,7-8,11-13,20H2,1-3H3/t15-,17?,18?,19?/m0/s1. The van der Waals surface area contributed by atoms with Crippen molar-refractivity contribution in [3.05, 3.63) is 35.9 Å². The van der Waals surface area contributed by atoms with Crippen molar-refractivity contribution in [1.29, 1.82) is 0 Å². The molecule has 0 heterocycles. The van der Waals surface area contributed by atoms with Crippen LogP contribution in [-0.2, 0) is 0 Å². The van der Waals surface area contributed by atoms with Gasteiger partial charge in [-0.05, 0) is 48.5 Å². The van der Waals surface area contributed by atoms with Crippen LogP contribution in [0.3, 0.4) is 0 Å². The third kappa shape index (κ3) is 3.85. The quantitative estimate of drug-likeness (QED) is 0.805. The molecule has 20 heavy (non-hydrogen) atoms. The average Bonchev–Trinajstić information content (AvgIpc) is 2.46. The molecule has 1 fully saturated rings. The molecular formula is C19H31N. The van der Waals surface area contributed by atoms with Crippen LogP contribution in [0.4, 0.5) is 0 Å². The molecule has 1 nitrogen and oxygen atoms in total. The second kappa shape index (κ2) is 7.26. The van der Waals surface area contributed by atoms with E-state index in [-0.39, 0.29) is 0 Å². The molecule has 1 aromatic carbocycles. The molecule has 4 atom stereocenters. The lowest BCUT2D eigenvalue weighted by Crippen LogP contribution is -2.39. The van der Waals surface area contributed by atoms with Gasteiger partial charge in [0.2, 0.25) is 0 Å². The van der Waals surface area contributed by atoms with E-state index >= 15 is 0 Å². The fraction of sp³-hybridized carbons (Fsp3) is 0.684. The lowest BCUT2D eigenvalue weighted by Gasteiger charge is -2.38. The second-order valence-electron chi connectivity index (χ2n) is 7.07. The molecule has 0 aliphatic heterocycles. The van der Waals surface area contributed by atoms with Crippen molar-refractivity contribution in [2.75, 3.05) is 0 Å². The third-order valence-electron chi connectivity index (χ3n) is 5.28. The van der Waals surface area contributed by atoms with Gasteiger partial charge in [-0.3, -0.25) is 0 Å². The minimum Gasteiger partial charge on any atom is -0.327 e. The minimum atomic E-state index is 0.430. The van der Waals surface area contributed by atoms with E-state index in [1.807, 2.05) is 0 Å². The number of benzene rings is 1. The smallest absolute Gasteiger partial charge is 0.00699 e. The zero-order valence-corrected chi connectivity index (χ0v) is 13.4. The largest absolute Gasteiger partial charge is 0.327 e. The van der Waals surface area contributed by atoms with Crippen LogP contribution in [0.1, 0.15) is 64.4 Å². The van der Waals surface area contributed by atoms with Crippen molar-refractivity contribution in [2.45, 2.75) is 64.8 Å². The van der Waals surface area contributed by atoms with Crippen molar-refractivity contribution in [3.63, 3.8) is 0 Å². The molecule has 2 rings (SSSR count). The number of hydrogen-bond acceptors (Lipinski definition) is 1. The first-order valence-electron chi connectivity index (χ1n) is 8.40. The van der Waals surface area contributed by atoms with Crippen LogP contribution in [0.2, 0.25) is 0 Å². The van der Waals surface area contributed by atoms with Crippen molar-refractivity contribution in [3.8, 4) is 0 Å². The molecule has 0 bridgehead atoms. The lowest BCUT2D eigenvalue weighted by atomic mass is 9.69. The summed E-state index contributed by atoms with van der Waals surface area (Å²) in [6.45, 7) is 7.13. The molecule has 1 aromatic rings. The molecule has 0 amide bonds. The van der Waals surface area contributed by atoms with Crippen LogP contribution in [-0.4, -0.2) is 6.04 Å². The topological polar surface area (TPSA) is 26.0 Å². The summed E-state index contributed by atoms with van der Waals surface area (Å²) in [5, 5.41) is 0. The van der Waals surface area contributed by atoms with E-state index in [9.17, 15) is 0 Å². The molecule has 1 aliphatic carbocycles. The van der Waals surface area contributed by atoms with Crippen LogP contribution in [0.5, 0.6) is 0 Å². The highest BCUT2D eigenvalue weighted by atomic mass is 14.7. The first-order valence-corrected chi connectivity index (χ1v) is 8.40. The third-order valence-corrected chi connectivity index (χ3v) is 5.28. The first-order chi connectivity index (χ1) is 9.59. The Morgan fingerprint density at radius 2 is 1.70 bits per heavy atom. The van der Waals surface area contributed by atoms with Crippen molar-refractivity contribution >= 4 is 0 Å². The Kier molecular flexibility index (Phi) is 5.65. The van der Waals surface area contributed by atoms with Gasteiger partial charge in [0.15, 0.2) is 0 Å². The van der Waals surface area contributed by atoms with Gasteiger partial charge in [0.1, 0.15) is 0 Å². The number of rotatable bonds is 5. The van der Waals surface area contributed by atoms with Gasteiger partial charge in [0.05, 0.1) is 0 Å². The van der Waals surface area contributed by atoms with Gasteiger partial charge in [-0.25, -0.2) is 0 Å². The average molecular weight is 273 g/mol. The van der Waals surface area contributed by atoms with E-state index in [2.05, 4.69) is 51.1 Å². The molecule has 0 aromatic heterocycles. The zero-order chi connectivity index (χ0) is 14.5. The summed E-state index contributed by atoms with van der Waals surface area (Å²) in [5.74, 6) is 2.86. The maximum absolute atomic E-state index is 6.43. The molecule has 1 saturated carbocycles. The van der Waals surface area contributed by atoms with E-state index < -0.39 is 0 Å². The van der Waals surface area contributed by atoms with E-state index in [1.165, 1.54) is 37.7 Å². The van der Waals surface area contributed by atoms with E-state index in [1.54, 1.807) is 0 Å². The van der Waals surface area contributed by atoms with E-state index in [0.717, 1.165) is 17.8 Å². The lowest BCUT2D eigenvalue weighted by molar-refractivity contribution is 0.154. The van der Waals surface area contributed by atoms with Gasteiger partial charge in [0, 0.05) is 6.04 Å². The molecule has 2 N–H and O–H groups in total. The Morgan fingerprint density at radius 1 is 1.05 bits per heavy atom. The summed E-state index contributed by atoms with van der Waals surface area (Å²) in [6.07, 6.45) is 6.55. The maximum atomic E-state index is 6.43. The van der Waals surface area contributed by atoms with Gasteiger partial charge in [0.25, 0.3) is 0 Å². The van der Waals surface area contributed by atoms with Crippen LogP contribution < -0.4 is 5.73 Å². The highest BCUT2D eigenvalue weighted by molar-refractivity contribution is 5.18. The molecule has 0 spiro atoms. The SMILES string of the molecule is CC(C)C(C[C@H](C)c1ccccc1)C1CCCCC1N. The molecular weight excluding hydrogens is 242 g/mol. The fourth-order valence-electron chi connectivity index (χ4n) is 3.99. The van der Waals surface area contributed by atoms with E-state index in [4.69, 9.17) is 5.73 Å². The molecule has 1 aliphatic rings. The van der Waals surface area contributed by atoms with Crippen LogP contribution >= 0.6 is 0 Å². The summed E-state index contributed by atoms with van der Waals surface area (Å²) in [4.78, 5) is 0. The number of nitrogens with two attached hydrogens (primary N) is 1. The monoisotopic (exact) mass is 273 g/mol. The highest BCUT2D eigenvalue weighted by Crippen LogP contribution is 2.39. The molecule has 0 radical (unpaired) electrons. The van der Waals surface area contributed by atoms with Gasteiger partial charge < -0.3 is 5.73 Å². The van der Waals surface area contributed by atoms with Crippen LogP contribution in [0.15, 0.2) is 30.3 Å². The predicted octanol–water partition coefficient (Wildman–Crippen LogP) is 4.97. The van der Waals surface area contributed by atoms with Crippen molar-refractivity contribution < 1.29 is 0 Å². The predicted molar refractivity (Wildman–Crippen MR) is 87.7 cm³/mol. The molecule has 1 heteroatoms. The summed E-state index contributed by atoms with van der Waals surface area (Å²) in [6, 6.07) is 11.4. The van der Waals surface area contributed by atoms with Crippen LogP contribution in [0.25, 0.3) is 0 Å². The van der Waals surface area contributed by atoms with Crippen LogP contribution in [0, 0.1) is 17.8 Å². The van der Waals surface area contributed by atoms with Gasteiger partial charge in [-0.15, -0.1) is 0 Å².